The number of carbonyl (C=O) groups excluding carboxylic acids is 2. The number of ether oxygens (including phenoxy) is 1. The minimum absolute atomic E-state index is 0.0143. The molecule has 1 aliphatic rings. The molecule has 120 valence electrons. The molecule has 1 saturated heterocycles. The van der Waals surface area contributed by atoms with Crippen molar-refractivity contribution < 1.29 is 19.4 Å². The number of nitrogens with zero attached hydrogens (tertiary/aromatic N) is 1. The van der Waals surface area contributed by atoms with E-state index in [1.165, 1.54) is 6.07 Å². The van der Waals surface area contributed by atoms with E-state index in [9.17, 15) is 14.7 Å². The van der Waals surface area contributed by atoms with Crippen LogP contribution in [0.2, 0.25) is 0 Å². The van der Waals surface area contributed by atoms with Gasteiger partial charge in [0.05, 0.1) is 6.61 Å². The molecule has 0 spiro atoms. The van der Waals surface area contributed by atoms with Crippen LogP contribution in [0, 0.1) is 0 Å². The summed E-state index contributed by atoms with van der Waals surface area (Å²) >= 11 is 0. The van der Waals surface area contributed by atoms with Crippen molar-refractivity contribution in [3.8, 4) is 5.75 Å². The molecule has 0 saturated carbocycles. The van der Waals surface area contributed by atoms with Gasteiger partial charge in [-0.25, -0.2) is 0 Å². The number of carbonyl (C=O) groups is 2. The van der Waals surface area contributed by atoms with Crippen LogP contribution in [-0.4, -0.2) is 54.7 Å². The number of methoxy groups -OCH3 is 1. The van der Waals surface area contributed by atoms with E-state index in [4.69, 9.17) is 4.74 Å². The van der Waals surface area contributed by atoms with E-state index in [0.717, 1.165) is 12.8 Å². The van der Waals surface area contributed by atoms with Gasteiger partial charge in [-0.2, -0.15) is 0 Å². The fraction of sp³-hybridized carbons (Fsp3) is 0.500. The minimum atomic E-state index is -0.0833. The Kier molecular flexibility index (Phi) is 5.77. The van der Waals surface area contributed by atoms with Gasteiger partial charge in [0.15, 0.2) is 0 Å². The molecule has 0 aliphatic carbocycles. The predicted molar refractivity (Wildman–Crippen MR) is 81.7 cm³/mol. The molecule has 0 aromatic heterocycles. The van der Waals surface area contributed by atoms with E-state index in [1.54, 1.807) is 30.2 Å². The highest BCUT2D eigenvalue weighted by Crippen LogP contribution is 2.17. The quantitative estimate of drug-likeness (QED) is 0.855. The van der Waals surface area contributed by atoms with E-state index >= 15 is 0 Å². The SMILES string of the molecule is COCCC(=O)NC1CCN(C(=O)c2cccc(O)c2)CC1. The van der Waals surface area contributed by atoms with Crippen molar-refractivity contribution in [3.05, 3.63) is 29.8 Å². The molecule has 0 bridgehead atoms. The van der Waals surface area contributed by atoms with Crippen molar-refractivity contribution >= 4 is 11.8 Å². The molecule has 0 radical (unpaired) electrons. The minimum Gasteiger partial charge on any atom is -0.508 e. The maximum Gasteiger partial charge on any atom is 0.253 e. The third kappa shape index (κ3) is 4.46. The van der Waals surface area contributed by atoms with Crippen molar-refractivity contribution in [2.45, 2.75) is 25.3 Å². The molecule has 0 atom stereocenters. The highest BCUT2D eigenvalue weighted by atomic mass is 16.5. The summed E-state index contributed by atoms with van der Waals surface area (Å²) in [4.78, 5) is 25.7. The average Bonchev–Trinajstić information content (AvgIpc) is 2.53. The van der Waals surface area contributed by atoms with Gasteiger partial charge in [-0.15, -0.1) is 0 Å². The van der Waals surface area contributed by atoms with Crippen LogP contribution < -0.4 is 5.32 Å². The van der Waals surface area contributed by atoms with Crippen LogP contribution in [0.5, 0.6) is 5.75 Å². The third-order valence-electron chi connectivity index (χ3n) is 3.77. The van der Waals surface area contributed by atoms with Crippen molar-refractivity contribution in [1.29, 1.82) is 0 Å². The van der Waals surface area contributed by atoms with Gasteiger partial charge in [0.25, 0.3) is 5.91 Å². The molecular formula is C16H22N2O4. The maximum absolute atomic E-state index is 12.3. The molecule has 6 heteroatoms. The number of rotatable bonds is 5. The average molecular weight is 306 g/mol. The van der Waals surface area contributed by atoms with Gasteiger partial charge in [0.1, 0.15) is 5.75 Å². The van der Waals surface area contributed by atoms with Gasteiger partial charge in [-0.3, -0.25) is 9.59 Å². The molecule has 22 heavy (non-hydrogen) atoms. The molecule has 6 nitrogen and oxygen atoms in total. The van der Waals surface area contributed by atoms with Crippen molar-refractivity contribution in [1.82, 2.24) is 10.2 Å². The first-order valence-corrected chi connectivity index (χ1v) is 7.46. The summed E-state index contributed by atoms with van der Waals surface area (Å²) in [5.74, 6) is -0.00851. The first kappa shape index (κ1) is 16.3. The Hall–Kier alpha value is -2.08. The Bertz CT molecular complexity index is 525. The fourth-order valence-corrected chi connectivity index (χ4v) is 2.54. The number of likely N-dealkylation sites (tertiary alicyclic amines) is 1. The van der Waals surface area contributed by atoms with Crippen LogP contribution in [0.15, 0.2) is 24.3 Å². The molecular weight excluding hydrogens is 284 g/mol. The second-order valence-corrected chi connectivity index (χ2v) is 5.43. The molecule has 0 unspecified atom stereocenters. The zero-order chi connectivity index (χ0) is 15.9. The highest BCUT2D eigenvalue weighted by molar-refractivity contribution is 5.94. The topological polar surface area (TPSA) is 78.9 Å². The van der Waals surface area contributed by atoms with Crippen LogP contribution in [0.1, 0.15) is 29.6 Å². The van der Waals surface area contributed by atoms with Crippen molar-refractivity contribution in [3.63, 3.8) is 0 Å². The Labute approximate surface area is 130 Å². The monoisotopic (exact) mass is 306 g/mol. The maximum atomic E-state index is 12.3. The van der Waals surface area contributed by atoms with Gasteiger partial charge in [0, 0.05) is 38.2 Å². The zero-order valence-electron chi connectivity index (χ0n) is 12.7. The lowest BCUT2D eigenvalue weighted by atomic mass is 10.0. The standard InChI is InChI=1S/C16H22N2O4/c1-22-10-7-15(20)17-13-5-8-18(9-6-13)16(21)12-3-2-4-14(19)11-12/h2-4,11,13,19H,5-10H2,1H3,(H,17,20). The number of nitrogens with one attached hydrogen (secondary N) is 1. The molecule has 1 fully saturated rings. The number of hydrogen-bond donors (Lipinski definition) is 2. The number of phenols is 1. The van der Waals surface area contributed by atoms with Gasteiger partial charge < -0.3 is 20.1 Å². The van der Waals surface area contributed by atoms with Gasteiger partial charge in [-0.05, 0) is 31.0 Å². The Morgan fingerprint density at radius 2 is 2.09 bits per heavy atom. The van der Waals surface area contributed by atoms with E-state index in [1.807, 2.05) is 0 Å². The number of aromatic hydroxyl groups is 1. The Morgan fingerprint density at radius 1 is 1.36 bits per heavy atom. The lowest BCUT2D eigenvalue weighted by Crippen LogP contribution is -2.46. The first-order chi connectivity index (χ1) is 10.6. The summed E-state index contributed by atoms with van der Waals surface area (Å²) in [6.07, 6.45) is 1.84. The van der Waals surface area contributed by atoms with Crippen LogP contribution in [0.25, 0.3) is 0 Å². The lowest BCUT2D eigenvalue weighted by Gasteiger charge is -2.32. The molecule has 2 N–H and O–H groups in total. The van der Waals surface area contributed by atoms with Gasteiger partial charge >= 0.3 is 0 Å². The van der Waals surface area contributed by atoms with Gasteiger partial charge in [0.2, 0.25) is 5.91 Å². The van der Waals surface area contributed by atoms with Crippen LogP contribution >= 0.6 is 0 Å². The first-order valence-electron chi connectivity index (χ1n) is 7.46. The van der Waals surface area contributed by atoms with Crippen LogP contribution in [0.3, 0.4) is 0 Å². The molecule has 1 aromatic rings. The van der Waals surface area contributed by atoms with Crippen molar-refractivity contribution in [2.75, 3.05) is 26.8 Å². The highest BCUT2D eigenvalue weighted by Gasteiger charge is 2.24. The molecule has 2 rings (SSSR count). The summed E-state index contributed by atoms with van der Waals surface area (Å²) in [6.45, 7) is 1.62. The van der Waals surface area contributed by atoms with Crippen LogP contribution in [-0.2, 0) is 9.53 Å². The number of piperidine rings is 1. The molecule has 1 aromatic carbocycles. The van der Waals surface area contributed by atoms with Crippen LogP contribution in [0.4, 0.5) is 0 Å². The Morgan fingerprint density at radius 3 is 2.73 bits per heavy atom. The summed E-state index contributed by atoms with van der Waals surface area (Å²) in [5.41, 5.74) is 0.489. The second kappa shape index (κ2) is 7.79. The van der Waals surface area contributed by atoms with E-state index in [-0.39, 0.29) is 23.6 Å². The van der Waals surface area contributed by atoms with E-state index in [0.29, 0.717) is 31.7 Å². The number of amides is 2. The largest absolute Gasteiger partial charge is 0.508 e. The van der Waals surface area contributed by atoms with E-state index in [2.05, 4.69) is 5.32 Å². The smallest absolute Gasteiger partial charge is 0.253 e. The number of hydrogen-bond acceptors (Lipinski definition) is 4. The normalized spacial score (nSPS) is 15.6. The number of phenolic OH excluding ortho intramolecular Hbond substituents is 1. The molecule has 1 aliphatic heterocycles. The van der Waals surface area contributed by atoms with Crippen molar-refractivity contribution in [2.24, 2.45) is 0 Å². The summed E-state index contributed by atoms with van der Waals surface area (Å²) in [7, 11) is 1.57. The summed E-state index contributed by atoms with van der Waals surface area (Å²) in [6, 6.07) is 6.48. The molecule has 2 amide bonds. The summed E-state index contributed by atoms with van der Waals surface area (Å²) in [5, 5.41) is 12.4. The third-order valence-corrected chi connectivity index (χ3v) is 3.77. The number of benzene rings is 1. The lowest BCUT2D eigenvalue weighted by molar-refractivity contribution is -0.122. The molecule has 1 heterocycles. The van der Waals surface area contributed by atoms with Gasteiger partial charge in [-0.1, -0.05) is 6.07 Å². The zero-order valence-corrected chi connectivity index (χ0v) is 12.7. The second-order valence-electron chi connectivity index (χ2n) is 5.43. The Balaban J connectivity index is 1.82. The van der Waals surface area contributed by atoms with E-state index < -0.39 is 0 Å². The predicted octanol–water partition coefficient (Wildman–Crippen LogP) is 1.15. The summed E-state index contributed by atoms with van der Waals surface area (Å²) < 4.78 is 4.87. The fourth-order valence-electron chi connectivity index (χ4n) is 2.54.